The molecule has 5 nitrogen and oxygen atoms in total. The third-order valence-corrected chi connectivity index (χ3v) is 2.11. The van der Waals surface area contributed by atoms with E-state index in [-0.39, 0.29) is 19.2 Å². The highest BCUT2D eigenvalue weighted by molar-refractivity contribution is 5.73. The van der Waals surface area contributed by atoms with Gasteiger partial charge in [-0.1, -0.05) is 0 Å². The smallest absolute Gasteiger partial charge is 0.314 e. The van der Waals surface area contributed by atoms with E-state index in [0.717, 1.165) is 6.54 Å². The first-order valence-corrected chi connectivity index (χ1v) is 4.91. The molecule has 1 unspecified atom stereocenters. The molecular weight excluding hydrogens is 184 g/mol. The molecular formula is C9H18N2O3. The van der Waals surface area contributed by atoms with E-state index in [4.69, 9.17) is 4.74 Å². The lowest BCUT2D eigenvalue weighted by atomic mass is 10.4. The van der Waals surface area contributed by atoms with Gasteiger partial charge in [0.15, 0.2) is 0 Å². The Balaban J connectivity index is 1.95. The highest BCUT2D eigenvalue weighted by atomic mass is 16.5. The first kappa shape index (κ1) is 11.3. The van der Waals surface area contributed by atoms with Gasteiger partial charge in [0.05, 0.1) is 12.7 Å². The van der Waals surface area contributed by atoms with Crippen molar-refractivity contribution in [2.24, 2.45) is 5.92 Å². The minimum absolute atomic E-state index is 0.216. The molecule has 3 N–H and O–H groups in total. The standard InChI is InChI=1S/C9H18N2O3/c1-14-6-8(12)5-11-9(13)10-4-7-2-3-7/h7-8,12H,2-6H2,1H3,(H2,10,11,13). The zero-order valence-electron chi connectivity index (χ0n) is 8.45. The van der Waals surface area contributed by atoms with Crippen molar-refractivity contribution in [2.75, 3.05) is 26.8 Å². The van der Waals surface area contributed by atoms with Gasteiger partial charge in [0.2, 0.25) is 0 Å². The Morgan fingerprint density at radius 2 is 2.29 bits per heavy atom. The number of aliphatic hydroxyl groups is 1. The predicted molar refractivity (Wildman–Crippen MR) is 52.0 cm³/mol. The average Bonchev–Trinajstić information content (AvgIpc) is 2.95. The molecule has 1 saturated carbocycles. The van der Waals surface area contributed by atoms with Crippen LogP contribution in [0.1, 0.15) is 12.8 Å². The van der Waals surface area contributed by atoms with E-state index in [0.29, 0.717) is 5.92 Å². The van der Waals surface area contributed by atoms with Crippen LogP contribution in [0.3, 0.4) is 0 Å². The Kier molecular flexibility index (Phi) is 4.69. The molecule has 5 heteroatoms. The van der Waals surface area contributed by atoms with Crippen LogP contribution in [0.25, 0.3) is 0 Å². The summed E-state index contributed by atoms with van der Waals surface area (Å²) in [6.07, 6.45) is 1.80. The molecule has 0 bridgehead atoms. The van der Waals surface area contributed by atoms with Gasteiger partial charge in [-0.15, -0.1) is 0 Å². The van der Waals surface area contributed by atoms with Crippen molar-refractivity contribution < 1.29 is 14.6 Å². The fourth-order valence-corrected chi connectivity index (χ4v) is 1.08. The summed E-state index contributed by atoms with van der Waals surface area (Å²) in [6.45, 7) is 1.21. The van der Waals surface area contributed by atoms with Gasteiger partial charge in [0.1, 0.15) is 0 Å². The van der Waals surface area contributed by atoms with Crippen molar-refractivity contribution in [3.05, 3.63) is 0 Å². The molecule has 0 spiro atoms. The highest BCUT2D eigenvalue weighted by Crippen LogP contribution is 2.27. The molecule has 0 radical (unpaired) electrons. The molecule has 1 atom stereocenters. The van der Waals surface area contributed by atoms with Crippen LogP contribution in [-0.2, 0) is 4.74 Å². The van der Waals surface area contributed by atoms with Gasteiger partial charge in [-0.2, -0.15) is 0 Å². The van der Waals surface area contributed by atoms with Crippen molar-refractivity contribution in [2.45, 2.75) is 18.9 Å². The summed E-state index contributed by atoms with van der Waals surface area (Å²) in [5, 5.41) is 14.5. The highest BCUT2D eigenvalue weighted by Gasteiger charge is 2.21. The molecule has 0 heterocycles. The zero-order chi connectivity index (χ0) is 10.4. The number of aliphatic hydroxyl groups excluding tert-OH is 1. The van der Waals surface area contributed by atoms with Gasteiger partial charge < -0.3 is 20.5 Å². The fourth-order valence-electron chi connectivity index (χ4n) is 1.08. The Bertz CT molecular complexity index is 183. The largest absolute Gasteiger partial charge is 0.389 e. The van der Waals surface area contributed by atoms with Gasteiger partial charge in [-0.05, 0) is 18.8 Å². The second kappa shape index (κ2) is 5.82. The van der Waals surface area contributed by atoms with Gasteiger partial charge in [0, 0.05) is 20.2 Å². The summed E-state index contributed by atoms with van der Waals surface area (Å²) < 4.78 is 4.72. The van der Waals surface area contributed by atoms with Gasteiger partial charge in [0.25, 0.3) is 0 Å². The third-order valence-electron chi connectivity index (χ3n) is 2.11. The predicted octanol–water partition coefficient (Wildman–Crippen LogP) is -0.297. The van der Waals surface area contributed by atoms with Crippen molar-refractivity contribution in [3.8, 4) is 0 Å². The molecule has 0 aromatic carbocycles. The van der Waals surface area contributed by atoms with E-state index in [9.17, 15) is 9.90 Å². The van der Waals surface area contributed by atoms with Crippen molar-refractivity contribution in [1.29, 1.82) is 0 Å². The number of carbonyl (C=O) groups excluding carboxylic acids is 1. The molecule has 1 fully saturated rings. The Hall–Kier alpha value is -0.810. The molecule has 0 aromatic heterocycles. The van der Waals surface area contributed by atoms with Crippen LogP contribution >= 0.6 is 0 Å². The number of urea groups is 1. The maximum Gasteiger partial charge on any atom is 0.314 e. The van der Waals surface area contributed by atoms with Crippen LogP contribution in [0.2, 0.25) is 0 Å². The van der Waals surface area contributed by atoms with Crippen LogP contribution in [0.15, 0.2) is 0 Å². The summed E-state index contributed by atoms with van der Waals surface area (Å²) >= 11 is 0. The number of amides is 2. The lowest BCUT2D eigenvalue weighted by Crippen LogP contribution is -2.41. The average molecular weight is 202 g/mol. The molecule has 1 aliphatic rings. The lowest BCUT2D eigenvalue weighted by molar-refractivity contribution is 0.0660. The molecule has 14 heavy (non-hydrogen) atoms. The second-order valence-electron chi connectivity index (χ2n) is 3.64. The maximum absolute atomic E-state index is 11.1. The van der Waals surface area contributed by atoms with Gasteiger partial charge in [-0.3, -0.25) is 0 Å². The normalized spacial score (nSPS) is 17.6. The second-order valence-corrected chi connectivity index (χ2v) is 3.64. The number of nitrogens with one attached hydrogen (secondary N) is 2. The first-order chi connectivity index (χ1) is 6.72. The summed E-state index contributed by atoms with van der Waals surface area (Å²) in [6, 6.07) is -0.216. The SMILES string of the molecule is COCC(O)CNC(=O)NCC1CC1. The maximum atomic E-state index is 11.1. The van der Waals surface area contributed by atoms with Gasteiger partial charge in [-0.25, -0.2) is 4.79 Å². The summed E-state index contributed by atoms with van der Waals surface area (Å²) in [7, 11) is 1.51. The van der Waals surface area contributed by atoms with E-state index in [1.165, 1.54) is 20.0 Å². The number of rotatable bonds is 6. The summed E-state index contributed by atoms with van der Waals surface area (Å²) in [4.78, 5) is 11.1. The molecule has 82 valence electrons. The van der Waals surface area contributed by atoms with Crippen molar-refractivity contribution in [1.82, 2.24) is 10.6 Å². The fraction of sp³-hybridized carbons (Fsp3) is 0.889. The topological polar surface area (TPSA) is 70.6 Å². The van der Waals surface area contributed by atoms with Gasteiger partial charge >= 0.3 is 6.03 Å². The van der Waals surface area contributed by atoms with E-state index in [1.54, 1.807) is 0 Å². The Morgan fingerprint density at radius 1 is 1.57 bits per heavy atom. The van der Waals surface area contributed by atoms with Crippen LogP contribution in [0.5, 0.6) is 0 Å². The number of ether oxygens (including phenoxy) is 1. The van der Waals surface area contributed by atoms with Crippen LogP contribution in [-0.4, -0.2) is 44.0 Å². The zero-order valence-corrected chi connectivity index (χ0v) is 8.45. The van der Waals surface area contributed by atoms with Crippen molar-refractivity contribution in [3.63, 3.8) is 0 Å². The number of hydrogen-bond acceptors (Lipinski definition) is 3. The molecule has 1 aliphatic carbocycles. The first-order valence-electron chi connectivity index (χ1n) is 4.91. The van der Waals surface area contributed by atoms with Crippen molar-refractivity contribution >= 4 is 6.03 Å². The van der Waals surface area contributed by atoms with Crippen LogP contribution in [0, 0.1) is 5.92 Å². The van der Waals surface area contributed by atoms with E-state index < -0.39 is 6.10 Å². The number of methoxy groups -OCH3 is 1. The molecule has 1 rings (SSSR count). The van der Waals surface area contributed by atoms with E-state index >= 15 is 0 Å². The minimum atomic E-state index is -0.633. The molecule has 0 saturated heterocycles. The number of carbonyl (C=O) groups is 1. The minimum Gasteiger partial charge on any atom is -0.389 e. The van der Waals surface area contributed by atoms with Crippen LogP contribution in [0.4, 0.5) is 4.79 Å². The van der Waals surface area contributed by atoms with Crippen LogP contribution < -0.4 is 10.6 Å². The van der Waals surface area contributed by atoms with E-state index in [2.05, 4.69) is 10.6 Å². The van der Waals surface area contributed by atoms with E-state index in [1.807, 2.05) is 0 Å². The summed E-state index contributed by atoms with van der Waals surface area (Å²) in [5.74, 6) is 0.671. The Labute approximate surface area is 83.8 Å². The Morgan fingerprint density at radius 3 is 2.86 bits per heavy atom. The monoisotopic (exact) mass is 202 g/mol. The number of hydrogen-bond donors (Lipinski definition) is 3. The summed E-state index contributed by atoms with van der Waals surface area (Å²) in [5.41, 5.74) is 0. The quantitative estimate of drug-likeness (QED) is 0.554. The molecule has 0 aromatic rings. The molecule has 0 aliphatic heterocycles. The lowest BCUT2D eigenvalue weighted by Gasteiger charge is -2.11. The molecule has 2 amide bonds. The third kappa shape index (κ3) is 5.04.